The van der Waals surface area contributed by atoms with Crippen LogP contribution in [0.3, 0.4) is 0 Å². The summed E-state index contributed by atoms with van der Waals surface area (Å²) in [5, 5.41) is 2.67. The van der Waals surface area contributed by atoms with Crippen molar-refractivity contribution in [3.63, 3.8) is 0 Å². The number of carbonyl (C=O) groups excluding carboxylic acids is 2. The van der Waals surface area contributed by atoms with Crippen molar-refractivity contribution in [1.29, 1.82) is 0 Å². The average Bonchev–Trinajstić information content (AvgIpc) is 2.83. The molecule has 0 aliphatic heterocycles. The number of ether oxygens (including phenoxy) is 4. The summed E-state index contributed by atoms with van der Waals surface area (Å²) in [6.07, 6.45) is 0. The molecule has 3 rings (SSSR count). The molecule has 7 heteroatoms. The Hall–Kier alpha value is -4.00. The fourth-order valence-electron chi connectivity index (χ4n) is 2.86. The summed E-state index contributed by atoms with van der Waals surface area (Å²) in [5.41, 5.74) is 1.84. The van der Waals surface area contributed by atoms with Crippen LogP contribution in [0.1, 0.15) is 22.8 Å². The Morgan fingerprint density at radius 3 is 2.31 bits per heavy atom. The van der Waals surface area contributed by atoms with E-state index in [4.69, 9.17) is 18.9 Å². The zero-order chi connectivity index (χ0) is 22.8. The van der Waals surface area contributed by atoms with Gasteiger partial charge in [0.1, 0.15) is 12.4 Å². The number of benzene rings is 3. The number of hydrogen-bond acceptors (Lipinski definition) is 6. The lowest BCUT2D eigenvalue weighted by Crippen LogP contribution is -2.21. The van der Waals surface area contributed by atoms with Gasteiger partial charge in [0.25, 0.3) is 5.91 Å². The molecule has 1 N–H and O–H groups in total. The van der Waals surface area contributed by atoms with E-state index in [1.54, 1.807) is 36.4 Å². The van der Waals surface area contributed by atoms with E-state index in [0.717, 1.165) is 5.56 Å². The number of carbonyl (C=O) groups is 2. The van der Waals surface area contributed by atoms with Crippen molar-refractivity contribution in [3.05, 3.63) is 83.9 Å². The van der Waals surface area contributed by atoms with Crippen LogP contribution in [0.15, 0.2) is 72.8 Å². The van der Waals surface area contributed by atoms with Crippen molar-refractivity contribution < 1.29 is 28.5 Å². The van der Waals surface area contributed by atoms with Crippen LogP contribution in [0, 0.1) is 0 Å². The minimum Gasteiger partial charge on any atom is -0.494 e. The van der Waals surface area contributed by atoms with Crippen molar-refractivity contribution >= 4 is 17.6 Å². The van der Waals surface area contributed by atoms with E-state index >= 15 is 0 Å². The van der Waals surface area contributed by atoms with E-state index in [-0.39, 0.29) is 5.56 Å². The number of hydrogen-bond donors (Lipinski definition) is 1. The van der Waals surface area contributed by atoms with Crippen LogP contribution in [-0.2, 0) is 16.1 Å². The molecule has 32 heavy (non-hydrogen) atoms. The Labute approximate surface area is 186 Å². The summed E-state index contributed by atoms with van der Waals surface area (Å²) in [7, 11) is 1.49. The van der Waals surface area contributed by atoms with Crippen molar-refractivity contribution in [2.75, 3.05) is 25.6 Å². The third kappa shape index (κ3) is 6.50. The second kappa shape index (κ2) is 11.4. The van der Waals surface area contributed by atoms with Crippen LogP contribution >= 0.6 is 0 Å². The fraction of sp³-hybridized carbons (Fsp3) is 0.200. The summed E-state index contributed by atoms with van der Waals surface area (Å²) in [6, 6.07) is 21.4. The van der Waals surface area contributed by atoms with E-state index in [2.05, 4.69) is 5.32 Å². The predicted molar refractivity (Wildman–Crippen MR) is 120 cm³/mol. The van der Waals surface area contributed by atoms with Gasteiger partial charge in [-0.25, -0.2) is 4.79 Å². The van der Waals surface area contributed by atoms with E-state index < -0.39 is 18.5 Å². The third-order valence-electron chi connectivity index (χ3n) is 4.42. The molecule has 0 spiro atoms. The molecule has 0 saturated heterocycles. The number of anilines is 1. The second-order valence-corrected chi connectivity index (χ2v) is 6.72. The summed E-state index contributed by atoms with van der Waals surface area (Å²) >= 11 is 0. The van der Waals surface area contributed by atoms with Crippen LogP contribution in [0.25, 0.3) is 0 Å². The first-order chi connectivity index (χ1) is 15.6. The molecule has 7 nitrogen and oxygen atoms in total. The van der Waals surface area contributed by atoms with E-state index in [9.17, 15) is 9.59 Å². The summed E-state index contributed by atoms with van der Waals surface area (Å²) in [4.78, 5) is 24.5. The SMILES string of the molecule is CCOc1ccc(NC(=O)COC(=O)c2ccc(OCc3ccccc3)c(OC)c2)cc1. The molecule has 0 aliphatic rings. The maximum Gasteiger partial charge on any atom is 0.338 e. The van der Waals surface area contributed by atoms with Gasteiger partial charge >= 0.3 is 5.97 Å². The van der Waals surface area contributed by atoms with Gasteiger partial charge < -0.3 is 24.3 Å². The molecule has 0 aromatic heterocycles. The molecule has 3 aromatic carbocycles. The van der Waals surface area contributed by atoms with Crippen molar-refractivity contribution in [2.45, 2.75) is 13.5 Å². The van der Waals surface area contributed by atoms with Crippen molar-refractivity contribution in [3.8, 4) is 17.2 Å². The van der Waals surface area contributed by atoms with Gasteiger partial charge in [0.05, 0.1) is 19.3 Å². The Morgan fingerprint density at radius 1 is 0.875 bits per heavy atom. The van der Waals surface area contributed by atoms with Crippen molar-refractivity contribution in [2.24, 2.45) is 0 Å². The molecular formula is C25H25NO6. The highest BCUT2D eigenvalue weighted by molar-refractivity contribution is 5.95. The van der Waals surface area contributed by atoms with Gasteiger partial charge in [-0.1, -0.05) is 30.3 Å². The molecule has 0 radical (unpaired) electrons. The topological polar surface area (TPSA) is 83.1 Å². The van der Waals surface area contributed by atoms with Crippen molar-refractivity contribution in [1.82, 2.24) is 0 Å². The Morgan fingerprint density at radius 2 is 1.62 bits per heavy atom. The molecule has 0 unspecified atom stereocenters. The largest absolute Gasteiger partial charge is 0.494 e. The fourth-order valence-corrected chi connectivity index (χ4v) is 2.86. The minimum atomic E-state index is -0.639. The van der Waals surface area contributed by atoms with Crippen LogP contribution < -0.4 is 19.5 Å². The molecule has 0 bridgehead atoms. The number of methoxy groups -OCH3 is 1. The third-order valence-corrected chi connectivity index (χ3v) is 4.42. The first-order valence-corrected chi connectivity index (χ1v) is 10.1. The predicted octanol–water partition coefficient (Wildman–Crippen LogP) is 4.47. The zero-order valence-corrected chi connectivity index (χ0v) is 18.0. The normalized spacial score (nSPS) is 10.2. The Kier molecular flexibility index (Phi) is 8.09. The lowest BCUT2D eigenvalue weighted by atomic mass is 10.2. The number of nitrogens with one attached hydrogen (secondary N) is 1. The number of rotatable bonds is 10. The molecule has 0 heterocycles. The zero-order valence-electron chi connectivity index (χ0n) is 18.0. The van der Waals surface area contributed by atoms with Gasteiger partial charge in [-0.2, -0.15) is 0 Å². The van der Waals surface area contributed by atoms with Crippen LogP contribution in [0.4, 0.5) is 5.69 Å². The Bertz CT molecular complexity index is 1030. The van der Waals surface area contributed by atoms with E-state index in [1.165, 1.54) is 13.2 Å². The summed E-state index contributed by atoms with van der Waals surface area (Å²) < 4.78 is 21.6. The minimum absolute atomic E-state index is 0.253. The molecular weight excluding hydrogens is 410 g/mol. The molecule has 3 aromatic rings. The lowest BCUT2D eigenvalue weighted by molar-refractivity contribution is -0.119. The molecule has 0 atom stereocenters. The first-order valence-electron chi connectivity index (χ1n) is 10.1. The monoisotopic (exact) mass is 435 g/mol. The summed E-state index contributed by atoms with van der Waals surface area (Å²) in [6.45, 7) is 2.41. The van der Waals surface area contributed by atoms with Crippen LogP contribution in [0.5, 0.6) is 17.2 Å². The van der Waals surface area contributed by atoms with Gasteiger partial charge in [0, 0.05) is 5.69 Å². The van der Waals surface area contributed by atoms with E-state index in [1.807, 2.05) is 37.3 Å². The number of amides is 1. The highest BCUT2D eigenvalue weighted by atomic mass is 16.5. The van der Waals surface area contributed by atoms with Crippen LogP contribution in [-0.4, -0.2) is 32.2 Å². The van der Waals surface area contributed by atoms with Gasteiger partial charge in [0.2, 0.25) is 0 Å². The first kappa shape index (κ1) is 22.7. The molecule has 166 valence electrons. The highest BCUT2D eigenvalue weighted by Crippen LogP contribution is 2.29. The number of esters is 1. The standard InChI is InChI=1S/C25H25NO6/c1-3-30-21-12-10-20(11-13-21)26-24(27)17-32-25(28)19-9-14-22(23(15-19)29-2)31-16-18-7-5-4-6-8-18/h4-15H,3,16-17H2,1-2H3,(H,26,27). The lowest BCUT2D eigenvalue weighted by Gasteiger charge is -2.12. The second-order valence-electron chi connectivity index (χ2n) is 6.72. The molecule has 1 amide bonds. The van der Waals surface area contributed by atoms with Gasteiger partial charge in [0.15, 0.2) is 18.1 Å². The quantitative estimate of drug-likeness (QED) is 0.473. The average molecular weight is 435 g/mol. The summed E-state index contributed by atoms with van der Waals surface area (Å²) in [5.74, 6) is 0.523. The smallest absolute Gasteiger partial charge is 0.338 e. The maximum absolute atomic E-state index is 12.4. The highest BCUT2D eigenvalue weighted by Gasteiger charge is 2.14. The van der Waals surface area contributed by atoms with E-state index in [0.29, 0.717) is 36.1 Å². The maximum atomic E-state index is 12.4. The van der Waals surface area contributed by atoms with Gasteiger partial charge in [-0.05, 0) is 55.0 Å². The van der Waals surface area contributed by atoms with Crippen LogP contribution in [0.2, 0.25) is 0 Å². The molecule has 0 fully saturated rings. The van der Waals surface area contributed by atoms with Gasteiger partial charge in [-0.15, -0.1) is 0 Å². The van der Waals surface area contributed by atoms with Gasteiger partial charge in [-0.3, -0.25) is 4.79 Å². The molecule has 0 saturated carbocycles. The Balaban J connectivity index is 1.53. The molecule has 0 aliphatic carbocycles.